The first-order chi connectivity index (χ1) is 14.0. The summed E-state index contributed by atoms with van der Waals surface area (Å²) in [6, 6.07) is 14.3. The number of thiophene rings is 1. The third-order valence-electron chi connectivity index (χ3n) is 4.06. The minimum absolute atomic E-state index is 0.138. The fourth-order valence-corrected chi connectivity index (χ4v) is 3.56. The molecule has 29 heavy (non-hydrogen) atoms. The molecule has 4 rings (SSSR count). The molecule has 1 amide bonds. The van der Waals surface area contributed by atoms with Crippen LogP contribution in [0.4, 0.5) is 11.4 Å². The molecular weight excluding hydrogens is 392 g/mol. The fourth-order valence-electron chi connectivity index (χ4n) is 2.72. The summed E-state index contributed by atoms with van der Waals surface area (Å²) < 4.78 is 5.86. The summed E-state index contributed by atoms with van der Waals surface area (Å²) in [5.74, 6) is 0.587. The lowest BCUT2D eigenvalue weighted by atomic mass is 10.2. The number of fused-ring (bicyclic) bond motifs is 1. The number of nitrogens with one attached hydrogen (secondary N) is 1. The van der Waals surface area contributed by atoms with Crippen LogP contribution < -0.4 is 10.1 Å². The average molecular weight is 406 g/mol. The van der Waals surface area contributed by atoms with Gasteiger partial charge in [0.15, 0.2) is 0 Å². The summed E-state index contributed by atoms with van der Waals surface area (Å²) in [6.45, 7) is 1.99. The molecule has 2 aromatic carbocycles. The van der Waals surface area contributed by atoms with Crippen LogP contribution in [0.5, 0.6) is 11.6 Å². The van der Waals surface area contributed by atoms with Gasteiger partial charge in [0.05, 0.1) is 10.3 Å². The van der Waals surface area contributed by atoms with Crippen molar-refractivity contribution in [2.24, 2.45) is 0 Å². The van der Waals surface area contributed by atoms with Crippen molar-refractivity contribution in [3.8, 4) is 11.6 Å². The van der Waals surface area contributed by atoms with Crippen LogP contribution in [0.1, 0.15) is 15.2 Å². The Morgan fingerprint density at radius 2 is 1.93 bits per heavy atom. The first-order valence-corrected chi connectivity index (χ1v) is 9.36. The van der Waals surface area contributed by atoms with Crippen molar-refractivity contribution in [2.45, 2.75) is 6.92 Å². The normalized spacial score (nSPS) is 10.7. The second-order valence-electron chi connectivity index (χ2n) is 6.14. The summed E-state index contributed by atoms with van der Waals surface area (Å²) >= 11 is 1.57. The van der Waals surface area contributed by atoms with Gasteiger partial charge in [-0.1, -0.05) is 6.07 Å². The number of aryl methyl sites for hydroxylation is 1. The monoisotopic (exact) mass is 406 g/mol. The van der Waals surface area contributed by atoms with E-state index in [1.165, 1.54) is 30.6 Å². The summed E-state index contributed by atoms with van der Waals surface area (Å²) in [6.07, 6.45) is 1.46. The number of benzene rings is 2. The largest absolute Gasteiger partial charge is 0.438 e. The highest BCUT2D eigenvalue weighted by Gasteiger charge is 2.12. The Morgan fingerprint density at radius 3 is 2.69 bits per heavy atom. The molecule has 1 N–H and O–H groups in total. The summed E-state index contributed by atoms with van der Waals surface area (Å²) in [5, 5.41) is 14.4. The zero-order chi connectivity index (χ0) is 20.4. The van der Waals surface area contributed by atoms with Crippen molar-refractivity contribution in [3.63, 3.8) is 0 Å². The molecule has 0 aliphatic carbocycles. The van der Waals surface area contributed by atoms with Crippen LogP contribution in [0.2, 0.25) is 0 Å². The second-order valence-corrected chi connectivity index (χ2v) is 7.38. The standard InChI is InChI=1S/C20H14N4O4S/c1-12-9-17-19(21-11-22-20(17)29-12)28-16-7-5-14(6-8-16)23-18(25)13-3-2-4-15(10-13)24(26)27/h2-11H,1H3,(H,23,25). The van der Waals surface area contributed by atoms with Gasteiger partial charge in [-0.2, -0.15) is 0 Å². The summed E-state index contributed by atoms with van der Waals surface area (Å²) in [5.41, 5.74) is 0.602. The van der Waals surface area contributed by atoms with E-state index in [1.807, 2.05) is 13.0 Å². The van der Waals surface area contributed by atoms with E-state index in [0.29, 0.717) is 17.3 Å². The molecule has 0 fully saturated rings. The van der Waals surface area contributed by atoms with E-state index >= 15 is 0 Å². The highest BCUT2D eigenvalue weighted by atomic mass is 32.1. The molecule has 9 heteroatoms. The lowest BCUT2D eigenvalue weighted by molar-refractivity contribution is -0.384. The molecule has 0 spiro atoms. The highest BCUT2D eigenvalue weighted by molar-refractivity contribution is 7.18. The van der Waals surface area contributed by atoms with Crippen LogP contribution in [-0.4, -0.2) is 20.8 Å². The average Bonchev–Trinajstić information content (AvgIpc) is 3.11. The van der Waals surface area contributed by atoms with Crippen LogP contribution in [0.25, 0.3) is 10.2 Å². The molecule has 0 aliphatic rings. The minimum Gasteiger partial charge on any atom is -0.438 e. The van der Waals surface area contributed by atoms with Crippen LogP contribution >= 0.6 is 11.3 Å². The Morgan fingerprint density at radius 1 is 1.14 bits per heavy atom. The molecule has 0 bridgehead atoms. The molecule has 144 valence electrons. The quantitative estimate of drug-likeness (QED) is 0.371. The van der Waals surface area contributed by atoms with Crippen molar-refractivity contribution < 1.29 is 14.5 Å². The predicted molar refractivity (Wildman–Crippen MR) is 110 cm³/mol. The van der Waals surface area contributed by atoms with E-state index in [9.17, 15) is 14.9 Å². The van der Waals surface area contributed by atoms with Gasteiger partial charge in [0, 0.05) is 28.3 Å². The number of amides is 1. The van der Waals surface area contributed by atoms with Gasteiger partial charge in [-0.05, 0) is 43.3 Å². The molecule has 0 unspecified atom stereocenters. The third-order valence-corrected chi connectivity index (χ3v) is 5.02. The van der Waals surface area contributed by atoms with E-state index in [0.717, 1.165) is 15.1 Å². The molecule has 4 aromatic rings. The van der Waals surface area contributed by atoms with Gasteiger partial charge < -0.3 is 10.1 Å². The van der Waals surface area contributed by atoms with Crippen molar-refractivity contribution in [3.05, 3.63) is 81.5 Å². The number of nitro groups is 1. The summed E-state index contributed by atoms with van der Waals surface area (Å²) in [4.78, 5) is 33.1. The molecule has 0 aliphatic heterocycles. The smallest absolute Gasteiger partial charge is 0.270 e. The number of aromatic nitrogens is 2. The van der Waals surface area contributed by atoms with Crippen LogP contribution in [0, 0.1) is 17.0 Å². The maximum Gasteiger partial charge on any atom is 0.270 e. The number of non-ortho nitro benzene ring substituents is 1. The number of nitrogens with zero attached hydrogens (tertiary/aromatic N) is 3. The van der Waals surface area contributed by atoms with Crippen molar-refractivity contribution in [1.29, 1.82) is 0 Å². The maximum atomic E-state index is 12.3. The number of hydrogen-bond acceptors (Lipinski definition) is 7. The molecule has 0 radical (unpaired) electrons. The van der Waals surface area contributed by atoms with Crippen LogP contribution in [-0.2, 0) is 0 Å². The lowest BCUT2D eigenvalue weighted by Gasteiger charge is -2.08. The number of anilines is 1. The molecule has 0 atom stereocenters. The Bertz CT molecular complexity index is 1220. The van der Waals surface area contributed by atoms with Gasteiger partial charge in [-0.25, -0.2) is 9.97 Å². The van der Waals surface area contributed by atoms with Crippen molar-refractivity contribution in [2.75, 3.05) is 5.32 Å². The van der Waals surface area contributed by atoms with E-state index in [4.69, 9.17) is 4.74 Å². The zero-order valence-electron chi connectivity index (χ0n) is 15.2. The molecule has 0 saturated heterocycles. The van der Waals surface area contributed by atoms with Crippen LogP contribution in [0.15, 0.2) is 60.9 Å². The van der Waals surface area contributed by atoms with Gasteiger partial charge >= 0.3 is 0 Å². The van der Waals surface area contributed by atoms with E-state index in [1.54, 1.807) is 35.6 Å². The van der Waals surface area contributed by atoms with Gasteiger partial charge in [0.2, 0.25) is 5.88 Å². The molecule has 2 heterocycles. The first kappa shape index (κ1) is 18.5. The predicted octanol–water partition coefficient (Wildman–Crippen LogP) is 4.95. The topological polar surface area (TPSA) is 107 Å². The lowest BCUT2D eigenvalue weighted by Crippen LogP contribution is -2.11. The maximum absolute atomic E-state index is 12.3. The first-order valence-electron chi connectivity index (χ1n) is 8.54. The SMILES string of the molecule is Cc1cc2c(Oc3ccc(NC(=O)c4cccc([N+](=O)[O-])c4)cc3)ncnc2s1. The molecule has 8 nitrogen and oxygen atoms in total. The number of ether oxygens (including phenoxy) is 1. The Labute approximate surface area is 169 Å². The number of carbonyl (C=O) groups excluding carboxylic acids is 1. The van der Waals surface area contributed by atoms with E-state index in [2.05, 4.69) is 15.3 Å². The minimum atomic E-state index is -0.540. The number of nitro benzene ring substituents is 1. The fraction of sp³-hybridized carbons (Fsp3) is 0.0500. The zero-order valence-corrected chi connectivity index (χ0v) is 16.0. The Hall–Kier alpha value is -3.85. The Balaban J connectivity index is 1.48. The summed E-state index contributed by atoms with van der Waals surface area (Å²) in [7, 11) is 0. The van der Waals surface area contributed by atoms with E-state index in [-0.39, 0.29) is 11.3 Å². The molecule has 2 aromatic heterocycles. The van der Waals surface area contributed by atoms with Gasteiger partial charge in [-0.15, -0.1) is 11.3 Å². The molecule has 0 saturated carbocycles. The van der Waals surface area contributed by atoms with Gasteiger partial charge in [0.25, 0.3) is 11.6 Å². The number of hydrogen-bond donors (Lipinski definition) is 1. The Kier molecular flexibility index (Phi) is 4.88. The van der Waals surface area contributed by atoms with Crippen molar-refractivity contribution in [1.82, 2.24) is 9.97 Å². The third kappa shape index (κ3) is 4.04. The number of rotatable bonds is 5. The van der Waals surface area contributed by atoms with Crippen LogP contribution in [0.3, 0.4) is 0 Å². The van der Waals surface area contributed by atoms with Gasteiger partial charge in [-0.3, -0.25) is 14.9 Å². The number of carbonyl (C=O) groups is 1. The van der Waals surface area contributed by atoms with E-state index < -0.39 is 10.8 Å². The molecular formula is C20H14N4O4S. The van der Waals surface area contributed by atoms with Gasteiger partial charge in [0.1, 0.15) is 16.9 Å². The highest BCUT2D eigenvalue weighted by Crippen LogP contribution is 2.32. The second kappa shape index (κ2) is 7.64. The van der Waals surface area contributed by atoms with Crippen molar-refractivity contribution >= 4 is 38.8 Å².